The number of aromatic nitrogens is 1. The van der Waals surface area contributed by atoms with Gasteiger partial charge in [-0.15, -0.1) is 0 Å². The molecule has 3 aromatic rings. The van der Waals surface area contributed by atoms with Gasteiger partial charge in [0.25, 0.3) is 0 Å². The highest BCUT2D eigenvalue weighted by Crippen LogP contribution is 2.54. The highest BCUT2D eigenvalue weighted by molar-refractivity contribution is 9.10. The molecule has 2 aliphatic rings. The summed E-state index contributed by atoms with van der Waals surface area (Å²) >= 11 is 5.71. The first-order valence-corrected chi connectivity index (χ1v) is 13.7. The zero-order valence-electron chi connectivity index (χ0n) is 19.3. The van der Waals surface area contributed by atoms with E-state index in [0.717, 1.165) is 21.4 Å². The molecule has 0 bridgehead atoms. The van der Waals surface area contributed by atoms with Crippen molar-refractivity contribution in [3.05, 3.63) is 72.6 Å². The molecule has 5 rings (SSSR count). The number of H-pyrrole nitrogens is 1. The van der Waals surface area contributed by atoms with Crippen LogP contribution in [0.25, 0.3) is 0 Å². The van der Waals surface area contributed by atoms with E-state index < -0.39 is 23.1 Å². The van der Waals surface area contributed by atoms with Crippen LogP contribution in [0.4, 0.5) is 5.69 Å². The molecule has 0 spiro atoms. The van der Waals surface area contributed by atoms with Crippen LogP contribution < -0.4 is 14.5 Å². The Morgan fingerprint density at radius 1 is 1.11 bits per heavy atom. The average molecular weight is 589 g/mol. The molecule has 0 saturated carbocycles. The smallest absolute Gasteiger partial charge is 0.344 e. The van der Waals surface area contributed by atoms with Crippen LogP contribution in [-0.2, 0) is 19.1 Å². The van der Waals surface area contributed by atoms with Crippen molar-refractivity contribution in [3.8, 4) is 5.75 Å². The number of esters is 1. The Labute approximate surface area is 223 Å². The van der Waals surface area contributed by atoms with E-state index >= 15 is 0 Å². The topological polar surface area (TPSA) is 106 Å². The molecule has 36 heavy (non-hydrogen) atoms. The summed E-state index contributed by atoms with van der Waals surface area (Å²) in [5.41, 5.74) is 2.13. The van der Waals surface area contributed by atoms with Crippen LogP contribution in [0.15, 0.2) is 56.8 Å². The van der Waals surface area contributed by atoms with Gasteiger partial charge in [0.2, 0.25) is 11.8 Å². The second kappa shape index (κ2) is 9.87. The minimum absolute atomic E-state index is 0.227. The largest absolute Gasteiger partial charge is 0.482 e. The number of nitrogens with one attached hydrogen (secondary N) is 1. The number of halogens is 1. The summed E-state index contributed by atoms with van der Waals surface area (Å²) < 4.78 is 11.5. The number of anilines is 1. The number of aryl methyl sites for hydroxylation is 1. The molecule has 3 atom stereocenters. The highest BCUT2D eigenvalue weighted by atomic mass is 79.9. The maximum Gasteiger partial charge on any atom is 0.344 e. The molecule has 1 fully saturated rings. The van der Waals surface area contributed by atoms with E-state index in [0.29, 0.717) is 26.9 Å². The molecule has 186 valence electrons. The Morgan fingerprint density at radius 2 is 1.86 bits per heavy atom. The highest BCUT2D eigenvalue weighted by Gasteiger charge is 2.56. The zero-order valence-corrected chi connectivity index (χ0v) is 22.5. The standard InChI is InChI=1S/C25H21BrN2O6S2/c1-3-33-17(29)11-34-16-9-6-13(26)10-15(16)18-19-21(35-22-20(18)36-25(32)27-22)24(31)28(23(19)30)14-7-4-12(2)5-8-14/h4-10,18-19,21H,3,11H2,1-2H3,(H,27,32)/t18-,19-,21+/m0/s1. The normalized spacial score (nSPS) is 20.8. The Kier molecular flexibility index (Phi) is 6.80. The van der Waals surface area contributed by atoms with Crippen molar-refractivity contribution in [1.82, 2.24) is 4.98 Å². The van der Waals surface area contributed by atoms with Gasteiger partial charge in [-0.25, -0.2) is 9.69 Å². The van der Waals surface area contributed by atoms with Crippen molar-refractivity contribution in [3.63, 3.8) is 0 Å². The maximum atomic E-state index is 13.9. The number of aromatic amines is 1. The van der Waals surface area contributed by atoms with E-state index in [4.69, 9.17) is 9.47 Å². The van der Waals surface area contributed by atoms with E-state index in [2.05, 4.69) is 20.9 Å². The van der Waals surface area contributed by atoms with Crippen molar-refractivity contribution < 1.29 is 23.9 Å². The van der Waals surface area contributed by atoms with Crippen molar-refractivity contribution in [2.24, 2.45) is 5.92 Å². The van der Waals surface area contributed by atoms with Crippen LogP contribution in [-0.4, -0.2) is 41.2 Å². The van der Waals surface area contributed by atoms with Gasteiger partial charge in [-0.05, 0) is 44.2 Å². The molecule has 0 unspecified atom stereocenters. The SMILES string of the molecule is CCOC(=O)COc1ccc(Br)cc1[C@@H]1c2sc(=O)[nH]c2S[C@H]2C(=O)N(c3ccc(C)cc3)C(=O)[C@@H]12. The number of carbonyl (C=O) groups is 3. The molecule has 8 nitrogen and oxygen atoms in total. The van der Waals surface area contributed by atoms with Crippen molar-refractivity contribution in [2.75, 3.05) is 18.1 Å². The van der Waals surface area contributed by atoms with E-state index in [1.54, 1.807) is 37.3 Å². The average Bonchev–Trinajstić information content (AvgIpc) is 3.33. The molecule has 0 aliphatic carbocycles. The number of ether oxygens (including phenoxy) is 2. The number of carbonyl (C=O) groups excluding carboxylic acids is 3. The maximum absolute atomic E-state index is 13.9. The number of thiazole rings is 1. The Balaban J connectivity index is 1.61. The number of benzene rings is 2. The lowest BCUT2D eigenvalue weighted by Gasteiger charge is -2.31. The summed E-state index contributed by atoms with van der Waals surface area (Å²) in [6, 6.07) is 12.5. The number of hydrogen-bond acceptors (Lipinski definition) is 8. The Bertz CT molecular complexity index is 1420. The van der Waals surface area contributed by atoms with Crippen molar-refractivity contribution in [1.29, 1.82) is 0 Å². The van der Waals surface area contributed by atoms with Gasteiger partial charge in [0.1, 0.15) is 11.0 Å². The summed E-state index contributed by atoms with van der Waals surface area (Å²) in [5, 5.41) is -0.155. The number of fused-ring (bicyclic) bond motifs is 2. The van der Waals surface area contributed by atoms with Crippen LogP contribution >= 0.6 is 39.0 Å². The van der Waals surface area contributed by atoms with Gasteiger partial charge in [-0.2, -0.15) is 0 Å². The number of nitrogens with zero attached hydrogens (tertiary/aromatic N) is 1. The number of imide groups is 1. The second-order valence-corrected chi connectivity index (χ2v) is 11.5. The van der Waals surface area contributed by atoms with Crippen molar-refractivity contribution >= 4 is 62.5 Å². The fourth-order valence-corrected chi connectivity index (χ4v) is 7.42. The molecule has 1 aromatic heterocycles. The molecular weight excluding hydrogens is 568 g/mol. The van der Waals surface area contributed by atoms with Gasteiger partial charge in [0.05, 0.1) is 23.2 Å². The Morgan fingerprint density at radius 3 is 2.58 bits per heavy atom. The zero-order chi connectivity index (χ0) is 25.6. The fraction of sp³-hybridized carbons (Fsp3) is 0.280. The van der Waals surface area contributed by atoms with Gasteiger partial charge >= 0.3 is 10.8 Å². The summed E-state index contributed by atoms with van der Waals surface area (Å²) in [6.45, 7) is 3.56. The molecule has 2 aliphatic heterocycles. The van der Waals surface area contributed by atoms with Crippen LogP contribution in [0.3, 0.4) is 0 Å². The molecule has 11 heteroatoms. The minimum Gasteiger partial charge on any atom is -0.482 e. The summed E-state index contributed by atoms with van der Waals surface area (Å²) in [5.74, 6) is -2.20. The van der Waals surface area contributed by atoms with Gasteiger partial charge in [0, 0.05) is 20.8 Å². The van der Waals surface area contributed by atoms with Crippen LogP contribution in [0.1, 0.15) is 28.8 Å². The van der Waals surface area contributed by atoms with Gasteiger partial charge < -0.3 is 14.5 Å². The van der Waals surface area contributed by atoms with Crippen LogP contribution in [0.5, 0.6) is 5.75 Å². The van der Waals surface area contributed by atoms with Gasteiger partial charge in [-0.3, -0.25) is 14.4 Å². The fourth-order valence-electron chi connectivity index (χ4n) is 4.53. The second-order valence-electron chi connectivity index (χ2n) is 8.37. The lowest BCUT2D eigenvalue weighted by atomic mass is 9.82. The van der Waals surface area contributed by atoms with Gasteiger partial charge in [-0.1, -0.05) is 56.7 Å². The van der Waals surface area contributed by atoms with E-state index in [1.165, 1.54) is 16.7 Å². The number of rotatable bonds is 6. The van der Waals surface area contributed by atoms with E-state index in [-0.39, 0.29) is 29.9 Å². The van der Waals surface area contributed by atoms with E-state index in [9.17, 15) is 19.2 Å². The predicted molar refractivity (Wildman–Crippen MR) is 140 cm³/mol. The third-order valence-electron chi connectivity index (χ3n) is 6.07. The molecule has 0 radical (unpaired) electrons. The molecule has 3 heterocycles. The molecule has 2 aromatic carbocycles. The number of thioether (sulfide) groups is 1. The molecule has 2 amide bonds. The first-order chi connectivity index (χ1) is 17.3. The molecule has 1 saturated heterocycles. The summed E-state index contributed by atoms with van der Waals surface area (Å²) in [6.07, 6.45) is 0. The minimum atomic E-state index is -0.762. The first kappa shape index (κ1) is 24.8. The van der Waals surface area contributed by atoms with Crippen molar-refractivity contribution in [2.45, 2.75) is 30.0 Å². The van der Waals surface area contributed by atoms with Crippen LogP contribution in [0.2, 0.25) is 0 Å². The third-order valence-corrected chi connectivity index (χ3v) is 8.97. The van der Waals surface area contributed by atoms with Crippen LogP contribution in [0, 0.1) is 12.8 Å². The number of amides is 2. The first-order valence-electron chi connectivity index (χ1n) is 11.2. The molecular formula is C25H21BrN2O6S2. The quantitative estimate of drug-likeness (QED) is 0.339. The lowest BCUT2D eigenvalue weighted by Crippen LogP contribution is -2.32. The number of hydrogen-bond donors (Lipinski definition) is 1. The Hall–Kier alpha value is -2.89. The summed E-state index contributed by atoms with van der Waals surface area (Å²) in [4.78, 5) is 56.2. The predicted octanol–water partition coefficient (Wildman–Crippen LogP) is 4.25. The lowest BCUT2D eigenvalue weighted by molar-refractivity contribution is -0.145. The summed E-state index contributed by atoms with van der Waals surface area (Å²) in [7, 11) is 0. The third kappa shape index (κ3) is 4.39. The van der Waals surface area contributed by atoms with E-state index in [1.807, 2.05) is 19.1 Å². The van der Waals surface area contributed by atoms with Gasteiger partial charge in [0.15, 0.2) is 6.61 Å². The molecule has 1 N–H and O–H groups in total. The monoisotopic (exact) mass is 588 g/mol.